The quantitative estimate of drug-likeness (QED) is 0.428. The standard InChI is InChI=1S/C3H6F6N4O/c1-14-3(10,13(8)9)2(11(4)5)12(6)7/h2H,10H2,1H3. The van der Waals surface area contributed by atoms with Crippen molar-refractivity contribution in [3.05, 3.63) is 0 Å². The van der Waals surface area contributed by atoms with Crippen LogP contribution in [0.15, 0.2) is 0 Å². The van der Waals surface area contributed by atoms with Crippen molar-refractivity contribution in [1.29, 1.82) is 0 Å². The summed E-state index contributed by atoms with van der Waals surface area (Å²) in [6.07, 6.45) is -3.43. The zero-order chi connectivity index (χ0) is 11.5. The Labute approximate surface area is 73.8 Å². The van der Waals surface area contributed by atoms with E-state index in [-0.39, 0.29) is 0 Å². The summed E-state index contributed by atoms with van der Waals surface area (Å²) in [5.74, 6) is -3.65. The first-order valence-electron chi connectivity index (χ1n) is 2.94. The molecule has 11 heteroatoms. The molecule has 0 saturated carbocycles. The van der Waals surface area contributed by atoms with Gasteiger partial charge in [-0.1, -0.05) is 26.9 Å². The molecule has 0 spiro atoms. The third kappa shape index (κ3) is 2.45. The van der Waals surface area contributed by atoms with Crippen LogP contribution in [0.25, 0.3) is 0 Å². The predicted octanol–water partition coefficient (Wildman–Crippen LogP) is 0.784. The van der Waals surface area contributed by atoms with Crippen molar-refractivity contribution < 1.29 is 31.6 Å². The Morgan fingerprint density at radius 3 is 1.50 bits per heavy atom. The van der Waals surface area contributed by atoms with Crippen LogP contribution in [0.4, 0.5) is 26.9 Å². The number of hydrogen-bond donors (Lipinski definition) is 1. The molecule has 0 aliphatic carbocycles. The summed E-state index contributed by atoms with van der Waals surface area (Å²) < 4.78 is 74.7. The van der Waals surface area contributed by atoms with Crippen molar-refractivity contribution in [2.75, 3.05) is 7.11 Å². The molecule has 1 atom stereocenters. The van der Waals surface area contributed by atoms with Crippen molar-refractivity contribution in [3.63, 3.8) is 0 Å². The van der Waals surface area contributed by atoms with E-state index in [2.05, 4.69) is 10.5 Å². The fourth-order valence-corrected chi connectivity index (χ4v) is 0.607. The second kappa shape index (κ2) is 4.75. The summed E-state index contributed by atoms with van der Waals surface area (Å²) in [5, 5.41) is -6.48. The molecule has 0 fully saturated rings. The highest BCUT2D eigenvalue weighted by molar-refractivity contribution is 4.75. The molecule has 0 radical (unpaired) electrons. The number of halogens is 6. The van der Waals surface area contributed by atoms with Gasteiger partial charge in [-0.25, -0.2) is 0 Å². The molecule has 5 nitrogen and oxygen atoms in total. The molecule has 2 N–H and O–H groups in total. The van der Waals surface area contributed by atoms with Crippen molar-refractivity contribution >= 4 is 0 Å². The van der Waals surface area contributed by atoms with Gasteiger partial charge in [0.1, 0.15) is 0 Å². The van der Waals surface area contributed by atoms with Crippen molar-refractivity contribution in [1.82, 2.24) is 16.0 Å². The van der Waals surface area contributed by atoms with Gasteiger partial charge in [0.25, 0.3) is 5.85 Å². The first-order valence-corrected chi connectivity index (χ1v) is 2.94. The van der Waals surface area contributed by atoms with Gasteiger partial charge in [0.15, 0.2) is 0 Å². The number of ether oxygens (including phenoxy) is 1. The molecule has 0 rings (SSSR count). The molecule has 0 amide bonds. The van der Waals surface area contributed by atoms with Gasteiger partial charge < -0.3 is 4.74 Å². The smallest absolute Gasteiger partial charge is 0.273 e. The van der Waals surface area contributed by atoms with Crippen molar-refractivity contribution in [2.45, 2.75) is 12.0 Å². The van der Waals surface area contributed by atoms with Gasteiger partial charge in [0, 0.05) is 17.8 Å². The highest BCUT2D eigenvalue weighted by Crippen LogP contribution is 2.25. The number of rotatable bonds is 5. The lowest BCUT2D eigenvalue weighted by Gasteiger charge is -2.33. The molecule has 0 saturated heterocycles. The van der Waals surface area contributed by atoms with E-state index in [1.165, 1.54) is 0 Å². The highest BCUT2D eigenvalue weighted by Gasteiger charge is 2.53. The van der Waals surface area contributed by atoms with Crippen LogP contribution < -0.4 is 5.73 Å². The summed E-state index contributed by atoms with van der Waals surface area (Å²) >= 11 is 0. The minimum Gasteiger partial charge on any atom is -0.344 e. The van der Waals surface area contributed by atoms with Gasteiger partial charge in [0.05, 0.1) is 5.34 Å². The summed E-state index contributed by atoms with van der Waals surface area (Å²) in [4.78, 5) is 0. The first kappa shape index (κ1) is 13.4. The van der Waals surface area contributed by atoms with Crippen LogP contribution in [0.3, 0.4) is 0 Å². The fourth-order valence-electron chi connectivity index (χ4n) is 0.607. The van der Waals surface area contributed by atoms with Crippen molar-refractivity contribution in [3.8, 4) is 0 Å². The van der Waals surface area contributed by atoms with Crippen molar-refractivity contribution in [2.24, 2.45) is 5.73 Å². The minimum atomic E-state index is -3.65. The van der Waals surface area contributed by atoms with Crippen LogP contribution in [-0.2, 0) is 4.74 Å². The normalized spacial score (nSPS) is 17.1. The molecule has 1 unspecified atom stereocenters. The molecule has 0 aliphatic rings. The largest absolute Gasteiger partial charge is 0.344 e. The molecule has 0 aliphatic heterocycles. The second-order valence-corrected chi connectivity index (χ2v) is 2.08. The van der Waals surface area contributed by atoms with Crippen LogP contribution in [0.1, 0.15) is 0 Å². The maximum Gasteiger partial charge on any atom is 0.273 e. The fraction of sp³-hybridized carbons (Fsp3) is 1.00. The van der Waals surface area contributed by atoms with Crippen LogP contribution in [0.5, 0.6) is 0 Å². The SMILES string of the molecule is COC(N)(C(N(F)F)N(F)F)N(F)F. The van der Waals surface area contributed by atoms with E-state index in [1.807, 2.05) is 0 Å². The Morgan fingerprint density at radius 1 is 1.07 bits per heavy atom. The highest BCUT2D eigenvalue weighted by atomic mass is 19.4. The topological polar surface area (TPSA) is 45.0 Å². The Balaban J connectivity index is 4.94. The maximum absolute atomic E-state index is 11.9. The Hall–Kier alpha value is -0.620. The Morgan fingerprint density at radius 2 is 1.43 bits per heavy atom. The van der Waals surface area contributed by atoms with Crippen LogP contribution >= 0.6 is 0 Å². The van der Waals surface area contributed by atoms with Gasteiger partial charge in [-0.3, -0.25) is 5.73 Å². The molecule has 0 aromatic carbocycles. The van der Waals surface area contributed by atoms with Crippen LogP contribution in [0, 0.1) is 0 Å². The first-order chi connectivity index (χ1) is 6.27. The lowest BCUT2D eigenvalue weighted by molar-refractivity contribution is -0.427. The van der Waals surface area contributed by atoms with Crippen LogP contribution in [-0.4, -0.2) is 35.2 Å². The van der Waals surface area contributed by atoms with Crippen LogP contribution in [0.2, 0.25) is 0 Å². The molecule has 86 valence electrons. The second-order valence-electron chi connectivity index (χ2n) is 2.08. The molecule has 14 heavy (non-hydrogen) atoms. The van der Waals surface area contributed by atoms with E-state index in [0.29, 0.717) is 7.11 Å². The zero-order valence-electron chi connectivity index (χ0n) is 6.67. The molecule has 0 heterocycles. The third-order valence-corrected chi connectivity index (χ3v) is 1.33. The summed E-state index contributed by atoms with van der Waals surface area (Å²) in [6.45, 7) is 0. The zero-order valence-corrected chi connectivity index (χ0v) is 6.67. The molecule has 0 bridgehead atoms. The maximum atomic E-state index is 11.9. The molecule has 0 aromatic heterocycles. The number of methoxy groups -OCH3 is 1. The van der Waals surface area contributed by atoms with Gasteiger partial charge >= 0.3 is 0 Å². The van der Waals surface area contributed by atoms with E-state index >= 15 is 0 Å². The van der Waals surface area contributed by atoms with Gasteiger partial charge in [-0.2, -0.15) is 0 Å². The third-order valence-electron chi connectivity index (χ3n) is 1.33. The monoisotopic (exact) mass is 228 g/mol. The van der Waals surface area contributed by atoms with Gasteiger partial charge in [0.2, 0.25) is 6.17 Å². The summed E-state index contributed by atoms with van der Waals surface area (Å²) in [6, 6.07) is 0. The van der Waals surface area contributed by atoms with E-state index < -0.39 is 28.0 Å². The Bertz CT molecular complexity index is 172. The van der Waals surface area contributed by atoms with E-state index in [4.69, 9.17) is 0 Å². The lowest BCUT2D eigenvalue weighted by atomic mass is 10.3. The molecular weight excluding hydrogens is 222 g/mol. The van der Waals surface area contributed by atoms with E-state index in [9.17, 15) is 26.9 Å². The summed E-state index contributed by atoms with van der Waals surface area (Å²) in [7, 11) is 0.478. The Kier molecular flexibility index (Phi) is 4.54. The lowest BCUT2D eigenvalue weighted by Crippen LogP contribution is -2.66. The van der Waals surface area contributed by atoms with Gasteiger partial charge in [-0.05, 0) is 0 Å². The average Bonchev–Trinajstić information content (AvgIpc) is 2.02. The molecular formula is C3H6F6N4O. The minimum absolute atomic E-state index is 0.478. The van der Waals surface area contributed by atoms with E-state index in [0.717, 1.165) is 0 Å². The number of hydrogen-bond acceptors (Lipinski definition) is 5. The van der Waals surface area contributed by atoms with E-state index in [1.54, 1.807) is 0 Å². The average molecular weight is 228 g/mol. The number of nitrogens with two attached hydrogens (primary N) is 1. The molecule has 0 aromatic rings. The predicted molar refractivity (Wildman–Crippen MR) is 29.9 cm³/mol. The van der Waals surface area contributed by atoms with Gasteiger partial charge in [-0.15, -0.1) is 0 Å². The summed E-state index contributed by atoms with van der Waals surface area (Å²) in [5.41, 5.74) is 4.50. The number of nitrogens with zero attached hydrogens (tertiary/aromatic N) is 3.